The number of aliphatic hydroxyl groups excluding tert-OH is 1. The number of hydrogen-bond acceptors (Lipinski definition) is 4. The maximum Gasteiger partial charge on any atom is 0.312 e. The van der Waals surface area contributed by atoms with Gasteiger partial charge in [-0.05, 0) is 40.2 Å². The Morgan fingerprint density at radius 1 is 1.35 bits per heavy atom. The van der Waals surface area contributed by atoms with Crippen LogP contribution in [0.3, 0.4) is 0 Å². The van der Waals surface area contributed by atoms with Gasteiger partial charge in [-0.2, -0.15) is 0 Å². The van der Waals surface area contributed by atoms with E-state index in [4.69, 9.17) is 4.74 Å². The molecule has 0 aliphatic rings. The van der Waals surface area contributed by atoms with Crippen LogP contribution in [-0.2, 0) is 6.61 Å². The van der Waals surface area contributed by atoms with Crippen LogP contribution >= 0.6 is 15.9 Å². The van der Waals surface area contributed by atoms with Gasteiger partial charge in [-0.25, -0.2) is 4.39 Å². The molecule has 0 aliphatic carbocycles. The number of nitro benzene ring substituents is 1. The van der Waals surface area contributed by atoms with Gasteiger partial charge in [0.1, 0.15) is 11.6 Å². The number of nitrogens with zero attached hydrogens (tertiary/aromatic N) is 1. The fourth-order valence-corrected chi connectivity index (χ4v) is 2.06. The molecule has 1 N–H and O–H groups in total. The molecule has 0 aliphatic heterocycles. The number of benzene rings is 2. The Hall–Kier alpha value is -1.99. The normalized spacial score (nSPS) is 10.3. The lowest BCUT2D eigenvalue weighted by Crippen LogP contribution is -1.97. The average molecular weight is 342 g/mol. The first kappa shape index (κ1) is 14.4. The van der Waals surface area contributed by atoms with Crippen molar-refractivity contribution in [2.24, 2.45) is 0 Å². The standard InChI is InChI=1S/C13H9BrFNO4/c14-10-2-1-3-11(16(18)19)13(10)20-12-5-4-9(15)6-8(12)7-17/h1-6,17H,7H2. The molecular formula is C13H9BrFNO4. The molecule has 0 amide bonds. The SMILES string of the molecule is O=[N+]([O-])c1cccc(Br)c1Oc1ccc(F)cc1CO. The third-order valence-electron chi connectivity index (χ3n) is 2.55. The second kappa shape index (κ2) is 5.98. The van der Waals surface area contributed by atoms with Gasteiger partial charge in [-0.15, -0.1) is 0 Å². The Morgan fingerprint density at radius 2 is 2.10 bits per heavy atom. The number of ether oxygens (including phenoxy) is 1. The van der Waals surface area contributed by atoms with E-state index in [0.29, 0.717) is 4.47 Å². The van der Waals surface area contributed by atoms with Gasteiger partial charge in [0, 0.05) is 11.6 Å². The van der Waals surface area contributed by atoms with Crippen LogP contribution in [0, 0.1) is 15.9 Å². The van der Waals surface area contributed by atoms with Crippen molar-refractivity contribution in [1.29, 1.82) is 0 Å². The molecule has 0 fully saturated rings. The van der Waals surface area contributed by atoms with Crippen LogP contribution in [0.2, 0.25) is 0 Å². The van der Waals surface area contributed by atoms with E-state index in [1.807, 2.05) is 0 Å². The summed E-state index contributed by atoms with van der Waals surface area (Å²) in [5, 5.41) is 20.1. The lowest BCUT2D eigenvalue weighted by atomic mass is 10.2. The predicted molar refractivity (Wildman–Crippen MR) is 73.2 cm³/mol. The minimum atomic E-state index is -0.581. The zero-order valence-electron chi connectivity index (χ0n) is 10.0. The average Bonchev–Trinajstić information content (AvgIpc) is 2.42. The van der Waals surface area contributed by atoms with Crippen molar-refractivity contribution in [1.82, 2.24) is 0 Å². The van der Waals surface area contributed by atoms with Gasteiger partial charge in [0.05, 0.1) is 16.0 Å². The monoisotopic (exact) mass is 341 g/mol. The van der Waals surface area contributed by atoms with Gasteiger partial charge in [-0.3, -0.25) is 10.1 Å². The van der Waals surface area contributed by atoms with E-state index in [1.165, 1.54) is 18.2 Å². The van der Waals surface area contributed by atoms with Gasteiger partial charge >= 0.3 is 5.69 Å². The fraction of sp³-hybridized carbons (Fsp3) is 0.0769. The molecule has 104 valence electrons. The van der Waals surface area contributed by atoms with Gasteiger partial charge in [0.25, 0.3) is 0 Å². The van der Waals surface area contributed by atoms with Crippen LogP contribution in [0.5, 0.6) is 11.5 Å². The second-order valence-corrected chi connectivity index (χ2v) is 4.71. The van der Waals surface area contributed by atoms with E-state index >= 15 is 0 Å². The Bertz CT molecular complexity index is 663. The summed E-state index contributed by atoms with van der Waals surface area (Å²) >= 11 is 3.17. The summed E-state index contributed by atoms with van der Waals surface area (Å²) in [6.45, 7) is -0.439. The van der Waals surface area contributed by atoms with Crippen molar-refractivity contribution in [3.63, 3.8) is 0 Å². The lowest BCUT2D eigenvalue weighted by molar-refractivity contribution is -0.385. The lowest BCUT2D eigenvalue weighted by Gasteiger charge is -2.11. The third-order valence-corrected chi connectivity index (χ3v) is 3.17. The van der Waals surface area contributed by atoms with Crippen molar-refractivity contribution in [3.8, 4) is 11.5 Å². The fourth-order valence-electron chi connectivity index (χ4n) is 1.62. The van der Waals surface area contributed by atoms with E-state index in [2.05, 4.69) is 15.9 Å². The number of para-hydroxylation sites is 1. The largest absolute Gasteiger partial charge is 0.449 e. The minimum Gasteiger partial charge on any atom is -0.449 e. The van der Waals surface area contributed by atoms with E-state index in [0.717, 1.165) is 12.1 Å². The van der Waals surface area contributed by atoms with Gasteiger partial charge in [-0.1, -0.05) is 6.07 Å². The summed E-state index contributed by atoms with van der Waals surface area (Å²) in [4.78, 5) is 10.4. The minimum absolute atomic E-state index is 0.00110. The maximum atomic E-state index is 13.1. The summed E-state index contributed by atoms with van der Waals surface area (Å²) < 4.78 is 18.9. The highest BCUT2D eigenvalue weighted by Crippen LogP contribution is 2.39. The van der Waals surface area contributed by atoms with Crippen LogP contribution < -0.4 is 4.74 Å². The van der Waals surface area contributed by atoms with E-state index in [1.54, 1.807) is 6.07 Å². The maximum absolute atomic E-state index is 13.1. The zero-order valence-corrected chi connectivity index (χ0v) is 11.6. The molecule has 7 heteroatoms. The number of halogens is 2. The zero-order chi connectivity index (χ0) is 14.7. The molecule has 0 atom stereocenters. The van der Waals surface area contributed by atoms with Crippen molar-refractivity contribution >= 4 is 21.6 Å². The number of hydrogen-bond donors (Lipinski definition) is 1. The van der Waals surface area contributed by atoms with Crippen molar-refractivity contribution in [3.05, 3.63) is 62.4 Å². The van der Waals surface area contributed by atoms with Crippen molar-refractivity contribution in [2.75, 3.05) is 0 Å². The molecule has 0 radical (unpaired) electrons. The quantitative estimate of drug-likeness (QED) is 0.678. The Labute approximate surface area is 121 Å². The molecule has 2 aromatic rings. The second-order valence-electron chi connectivity index (χ2n) is 3.86. The molecule has 5 nitrogen and oxygen atoms in total. The summed E-state index contributed by atoms with van der Waals surface area (Å²) in [6, 6.07) is 7.96. The molecular weight excluding hydrogens is 333 g/mol. The van der Waals surface area contributed by atoms with Gasteiger partial charge in [0.15, 0.2) is 0 Å². The molecule has 0 spiro atoms. The highest BCUT2D eigenvalue weighted by molar-refractivity contribution is 9.10. The third kappa shape index (κ3) is 2.94. The number of rotatable bonds is 4. The Morgan fingerprint density at radius 3 is 2.75 bits per heavy atom. The topological polar surface area (TPSA) is 72.6 Å². The van der Waals surface area contributed by atoms with Gasteiger partial charge in [0.2, 0.25) is 5.75 Å². The van der Waals surface area contributed by atoms with Crippen molar-refractivity contribution < 1.29 is 19.2 Å². The van der Waals surface area contributed by atoms with Crippen molar-refractivity contribution in [2.45, 2.75) is 6.61 Å². The summed E-state index contributed by atoms with van der Waals surface area (Å²) in [6.07, 6.45) is 0. The first-order valence-corrected chi connectivity index (χ1v) is 6.32. The predicted octanol–water partition coefficient (Wildman–Crippen LogP) is 3.78. The van der Waals surface area contributed by atoms with Crippen LogP contribution in [0.1, 0.15) is 5.56 Å². The molecule has 2 aromatic carbocycles. The van der Waals surface area contributed by atoms with Gasteiger partial charge < -0.3 is 9.84 Å². The van der Waals surface area contributed by atoms with Crippen LogP contribution in [0.15, 0.2) is 40.9 Å². The molecule has 0 aromatic heterocycles. The highest BCUT2D eigenvalue weighted by atomic mass is 79.9. The molecule has 20 heavy (non-hydrogen) atoms. The molecule has 2 rings (SSSR count). The van der Waals surface area contributed by atoms with E-state index in [-0.39, 0.29) is 22.7 Å². The Balaban J connectivity index is 2.47. The molecule has 0 bridgehead atoms. The van der Waals surface area contributed by atoms with E-state index < -0.39 is 17.3 Å². The molecule has 0 unspecified atom stereocenters. The highest BCUT2D eigenvalue weighted by Gasteiger charge is 2.19. The summed E-state index contributed by atoms with van der Waals surface area (Å²) in [7, 11) is 0. The smallest absolute Gasteiger partial charge is 0.312 e. The molecule has 0 saturated heterocycles. The van der Waals surface area contributed by atoms with Crippen LogP contribution in [0.25, 0.3) is 0 Å². The summed E-state index contributed by atoms with van der Waals surface area (Å²) in [5.41, 5.74) is -0.0253. The Kier molecular flexibility index (Phi) is 4.31. The first-order chi connectivity index (χ1) is 9.52. The van der Waals surface area contributed by atoms with Crippen LogP contribution in [-0.4, -0.2) is 10.0 Å². The van der Waals surface area contributed by atoms with E-state index in [9.17, 15) is 19.6 Å². The van der Waals surface area contributed by atoms with Crippen LogP contribution in [0.4, 0.5) is 10.1 Å². The molecule has 0 saturated carbocycles. The first-order valence-electron chi connectivity index (χ1n) is 5.53. The molecule has 0 heterocycles. The summed E-state index contributed by atoms with van der Waals surface area (Å²) in [5.74, 6) is -0.370. The number of nitro groups is 1. The number of aliphatic hydroxyl groups is 1.